The molecule has 118 valence electrons. The van der Waals surface area contributed by atoms with E-state index >= 15 is 0 Å². The number of hydrogen-bond donors (Lipinski definition) is 0. The monoisotopic (exact) mass is 332 g/mol. The third-order valence-corrected chi connectivity index (χ3v) is 6.99. The number of fused-ring (bicyclic) bond motifs is 1. The second-order valence-electron chi connectivity index (χ2n) is 6.02. The lowest BCUT2D eigenvalue weighted by atomic mass is 9.99. The maximum absolute atomic E-state index is 12.9. The van der Waals surface area contributed by atoms with E-state index in [0.717, 1.165) is 19.5 Å². The standard InChI is InChI=1S/C13H21ClN4O2S/c1-10-7-17-6-4-3-5-11(17)8-18(10)21(19,20)13-12(14)16(2)9-15-13/h9-11H,3-8H2,1-2H3. The Morgan fingerprint density at radius 2 is 2.10 bits per heavy atom. The molecule has 0 spiro atoms. The molecule has 3 rings (SSSR count). The first kappa shape index (κ1) is 15.3. The van der Waals surface area contributed by atoms with Gasteiger partial charge in [-0.1, -0.05) is 18.0 Å². The molecule has 8 heteroatoms. The summed E-state index contributed by atoms with van der Waals surface area (Å²) in [5.41, 5.74) is 0. The molecule has 3 heterocycles. The highest BCUT2D eigenvalue weighted by atomic mass is 35.5. The number of aryl methyl sites for hydroxylation is 1. The lowest BCUT2D eigenvalue weighted by Crippen LogP contribution is -2.59. The van der Waals surface area contributed by atoms with Crippen molar-refractivity contribution in [1.82, 2.24) is 18.8 Å². The van der Waals surface area contributed by atoms with Crippen LogP contribution < -0.4 is 0 Å². The predicted molar refractivity (Wildman–Crippen MR) is 80.8 cm³/mol. The minimum atomic E-state index is -3.63. The van der Waals surface area contributed by atoms with Crippen LogP contribution in [0.2, 0.25) is 5.15 Å². The molecule has 2 saturated heterocycles. The van der Waals surface area contributed by atoms with Gasteiger partial charge in [-0.25, -0.2) is 13.4 Å². The van der Waals surface area contributed by atoms with Gasteiger partial charge in [0.1, 0.15) is 5.15 Å². The SMILES string of the molecule is CC1CN2CCCCC2CN1S(=O)(=O)c1ncn(C)c1Cl. The van der Waals surface area contributed by atoms with Crippen LogP contribution in [0.3, 0.4) is 0 Å². The average molecular weight is 333 g/mol. The van der Waals surface area contributed by atoms with Crippen LogP contribution >= 0.6 is 11.6 Å². The van der Waals surface area contributed by atoms with E-state index in [1.165, 1.54) is 23.7 Å². The number of aromatic nitrogens is 2. The van der Waals surface area contributed by atoms with Crippen molar-refractivity contribution < 1.29 is 8.42 Å². The lowest BCUT2D eigenvalue weighted by Gasteiger charge is -2.46. The molecule has 2 aliphatic rings. The van der Waals surface area contributed by atoms with Crippen LogP contribution in [0.4, 0.5) is 0 Å². The number of piperidine rings is 1. The fourth-order valence-corrected chi connectivity index (χ4v) is 5.39. The quantitative estimate of drug-likeness (QED) is 0.819. The van der Waals surface area contributed by atoms with Crippen LogP contribution in [0.25, 0.3) is 0 Å². The average Bonchev–Trinajstić information content (AvgIpc) is 2.78. The van der Waals surface area contributed by atoms with E-state index in [1.54, 1.807) is 11.4 Å². The summed E-state index contributed by atoms with van der Waals surface area (Å²) >= 11 is 6.08. The molecule has 1 aromatic heterocycles. The van der Waals surface area contributed by atoms with Gasteiger partial charge in [0.2, 0.25) is 5.03 Å². The summed E-state index contributed by atoms with van der Waals surface area (Å²) in [5, 5.41) is 0.149. The summed E-state index contributed by atoms with van der Waals surface area (Å²) in [6.45, 7) is 4.36. The van der Waals surface area contributed by atoms with Gasteiger partial charge in [0.25, 0.3) is 10.0 Å². The van der Waals surface area contributed by atoms with Crippen molar-refractivity contribution in [3.05, 3.63) is 11.5 Å². The zero-order chi connectivity index (χ0) is 15.2. The third-order valence-electron chi connectivity index (χ3n) is 4.52. The molecule has 0 aliphatic carbocycles. The molecule has 1 aromatic rings. The Hall–Kier alpha value is -0.630. The second kappa shape index (κ2) is 5.53. The second-order valence-corrected chi connectivity index (χ2v) is 8.18. The number of piperazine rings is 1. The van der Waals surface area contributed by atoms with Crippen molar-refractivity contribution in [1.29, 1.82) is 0 Å². The van der Waals surface area contributed by atoms with Gasteiger partial charge >= 0.3 is 0 Å². The summed E-state index contributed by atoms with van der Waals surface area (Å²) in [6.07, 6.45) is 4.89. The Kier molecular flexibility index (Phi) is 4.02. The summed E-state index contributed by atoms with van der Waals surface area (Å²) in [4.78, 5) is 6.41. The van der Waals surface area contributed by atoms with Gasteiger partial charge in [-0.15, -0.1) is 0 Å². The molecule has 2 atom stereocenters. The van der Waals surface area contributed by atoms with Crippen molar-refractivity contribution in [2.75, 3.05) is 19.6 Å². The molecule has 2 aliphatic heterocycles. The lowest BCUT2D eigenvalue weighted by molar-refractivity contribution is 0.0563. The van der Waals surface area contributed by atoms with Crippen molar-refractivity contribution >= 4 is 21.6 Å². The first-order valence-corrected chi connectivity index (χ1v) is 9.16. The van der Waals surface area contributed by atoms with Gasteiger partial charge < -0.3 is 4.57 Å². The number of halogens is 1. The van der Waals surface area contributed by atoms with Gasteiger partial charge in [0, 0.05) is 32.2 Å². The molecule has 2 unspecified atom stereocenters. The first-order valence-electron chi connectivity index (χ1n) is 7.34. The number of sulfonamides is 1. The molecular weight excluding hydrogens is 312 g/mol. The summed E-state index contributed by atoms with van der Waals surface area (Å²) in [5.74, 6) is 0. The van der Waals surface area contributed by atoms with Gasteiger partial charge in [0.15, 0.2) is 0 Å². The van der Waals surface area contributed by atoms with Gasteiger partial charge in [-0.3, -0.25) is 4.90 Å². The van der Waals surface area contributed by atoms with E-state index < -0.39 is 10.0 Å². The Morgan fingerprint density at radius 1 is 1.33 bits per heavy atom. The third kappa shape index (κ3) is 2.60. The van der Waals surface area contributed by atoms with E-state index in [4.69, 9.17) is 11.6 Å². The topological polar surface area (TPSA) is 58.4 Å². The smallest absolute Gasteiger partial charge is 0.264 e. The highest BCUT2D eigenvalue weighted by Gasteiger charge is 2.41. The van der Waals surface area contributed by atoms with E-state index in [9.17, 15) is 8.42 Å². The van der Waals surface area contributed by atoms with Crippen LogP contribution in [0.5, 0.6) is 0 Å². The Bertz CT molecular complexity index is 630. The largest absolute Gasteiger partial charge is 0.324 e. The normalized spacial score (nSPS) is 28.5. The molecule has 2 fully saturated rings. The van der Waals surface area contributed by atoms with Crippen LogP contribution in [-0.2, 0) is 17.1 Å². The van der Waals surface area contributed by atoms with Crippen LogP contribution in [-0.4, -0.2) is 58.9 Å². The molecule has 0 aromatic carbocycles. The Morgan fingerprint density at radius 3 is 2.76 bits per heavy atom. The number of imidazole rings is 1. The van der Waals surface area contributed by atoms with Crippen molar-refractivity contribution in [2.24, 2.45) is 7.05 Å². The number of rotatable bonds is 2. The van der Waals surface area contributed by atoms with Crippen LogP contribution in [0, 0.1) is 0 Å². The summed E-state index contributed by atoms with van der Waals surface area (Å²) in [7, 11) is -1.94. The molecule has 6 nitrogen and oxygen atoms in total. The fraction of sp³-hybridized carbons (Fsp3) is 0.769. The number of nitrogens with zero attached hydrogens (tertiary/aromatic N) is 4. The minimum Gasteiger partial charge on any atom is -0.324 e. The molecular formula is C13H21ClN4O2S. The highest BCUT2D eigenvalue weighted by molar-refractivity contribution is 7.89. The Labute approximate surface area is 130 Å². The van der Waals surface area contributed by atoms with Gasteiger partial charge in [-0.2, -0.15) is 4.31 Å². The van der Waals surface area contributed by atoms with Gasteiger partial charge in [-0.05, 0) is 26.3 Å². The van der Waals surface area contributed by atoms with E-state index in [1.807, 2.05) is 6.92 Å². The van der Waals surface area contributed by atoms with E-state index in [0.29, 0.717) is 12.6 Å². The van der Waals surface area contributed by atoms with Crippen LogP contribution in [0.15, 0.2) is 11.4 Å². The molecule has 0 saturated carbocycles. The van der Waals surface area contributed by atoms with Crippen molar-refractivity contribution in [3.63, 3.8) is 0 Å². The van der Waals surface area contributed by atoms with E-state index in [2.05, 4.69) is 9.88 Å². The minimum absolute atomic E-state index is 0.0252. The summed E-state index contributed by atoms with van der Waals surface area (Å²) < 4.78 is 28.8. The molecule has 0 radical (unpaired) electrons. The zero-order valence-electron chi connectivity index (χ0n) is 12.4. The molecule has 21 heavy (non-hydrogen) atoms. The molecule has 0 N–H and O–H groups in total. The van der Waals surface area contributed by atoms with E-state index in [-0.39, 0.29) is 16.2 Å². The van der Waals surface area contributed by atoms with Crippen molar-refractivity contribution in [3.8, 4) is 0 Å². The zero-order valence-corrected chi connectivity index (χ0v) is 13.9. The number of hydrogen-bond acceptors (Lipinski definition) is 4. The summed E-state index contributed by atoms with van der Waals surface area (Å²) in [6, 6.07) is 0.273. The molecule has 0 bridgehead atoms. The highest BCUT2D eigenvalue weighted by Crippen LogP contribution is 2.30. The van der Waals surface area contributed by atoms with Crippen LogP contribution in [0.1, 0.15) is 26.2 Å². The fourth-order valence-electron chi connectivity index (χ4n) is 3.34. The predicted octanol–water partition coefficient (Wildman–Crippen LogP) is 1.32. The Balaban J connectivity index is 1.90. The maximum Gasteiger partial charge on any atom is 0.264 e. The first-order chi connectivity index (χ1) is 9.91. The maximum atomic E-state index is 12.9. The van der Waals surface area contributed by atoms with Crippen molar-refractivity contribution in [2.45, 2.75) is 43.3 Å². The molecule has 0 amide bonds. The van der Waals surface area contributed by atoms with Gasteiger partial charge in [0.05, 0.1) is 6.33 Å².